The van der Waals surface area contributed by atoms with Gasteiger partial charge in [-0.25, -0.2) is 13.2 Å². The molecule has 2 aromatic carbocycles. The predicted molar refractivity (Wildman–Crippen MR) is 96.2 cm³/mol. The van der Waals surface area contributed by atoms with Crippen LogP contribution in [-0.2, 0) is 10.0 Å². The molecule has 0 unspecified atom stereocenters. The van der Waals surface area contributed by atoms with Crippen molar-refractivity contribution < 1.29 is 27.8 Å². The Balaban J connectivity index is 2.46. The van der Waals surface area contributed by atoms with Crippen LogP contribution >= 0.6 is 15.9 Å². The maximum absolute atomic E-state index is 12.6. The zero-order valence-electron chi connectivity index (χ0n) is 13.7. The number of carbonyl (C=O) groups is 1. The van der Waals surface area contributed by atoms with E-state index < -0.39 is 16.0 Å². The van der Waals surface area contributed by atoms with Gasteiger partial charge in [0.2, 0.25) is 0 Å². The van der Waals surface area contributed by atoms with E-state index >= 15 is 0 Å². The molecule has 2 rings (SSSR count). The third-order valence-corrected chi connectivity index (χ3v) is 5.51. The van der Waals surface area contributed by atoms with E-state index in [1.165, 1.54) is 32.4 Å². The molecule has 134 valence electrons. The highest BCUT2D eigenvalue weighted by Crippen LogP contribution is 2.34. The molecule has 0 heterocycles. The summed E-state index contributed by atoms with van der Waals surface area (Å²) in [4.78, 5) is 11.0. The SMILES string of the molecule is COc1cc(C)c(NS(=O)(=O)c2ccc(Br)c(C(=O)O)c2)cc1OC. The van der Waals surface area contributed by atoms with Crippen LogP contribution in [0.5, 0.6) is 11.5 Å². The van der Waals surface area contributed by atoms with Gasteiger partial charge in [0, 0.05) is 10.5 Å². The molecule has 0 bridgehead atoms. The maximum atomic E-state index is 12.6. The van der Waals surface area contributed by atoms with Crippen molar-refractivity contribution >= 4 is 37.6 Å². The zero-order chi connectivity index (χ0) is 18.8. The number of aryl methyl sites for hydroxylation is 1. The van der Waals surface area contributed by atoms with E-state index in [0.717, 1.165) is 6.07 Å². The molecule has 0 saturated heterocycles. The highest BCUT2D eigenvalue weighted by atomic mass is 79.9. The first-order chi connectivity index (χ1) is 11.7. The molecule has 0 radical (unpaired) electrons. The largest absolute Gasteiger partial charge is 0.493 e. The van der Waals surface area contributed by atoms with E-state index in [9.17, 15) is 13.2 Å². The van der Waals surface area contributed by atoms with Gasteiger partial charge in [0.15, 0.2) is 11.5 Å². The van der Waals surface area contributed by atoms with Crippen molar-refractivity contribution in [2.75, 3.05) is 18.9 Å². The van der Waals surface area contributed by atoms with Gasteiger partial charge in [0.05, 0.1) is 30.4 Å². The van der Waals surface area contributed by atoms with Crippen molar-refractivity contribution in [3.05, 3.63) is 45.9 Å². The van der Waals surface area contributed by atoms with Crippen LogP contribution in [0.1, 0.15) is 15.9 Å². The van der Waals surface area contributed by atoms with Gasteiger partial charge >= 0.3 is 5.97 Å². The topological polar surface area (TPSA) is 102 Å². The summed E-state index contributed by atoms with van der Waals surface area (Å²) in [6.07, 6.45) is 0. The maximum Gasteiger partial charge on any atom is 0.336 e. The number of nitrogens with one attached hydrogen (secondary N) is 1. The molecule has 2 aromatic rings. The first kappa shape index (κ1) is 19.1. The van der Waals surface area contributed by atoms with Crippen LogP contribution in [-0.4, -0.2) is 33.7 Å². The first-order valence-corrected chi connectivity index (χ1v) is 9.25. The number of hydrogen-bond donors (Lipinski definition) is 2. The van der Waals surface area contributed by atoms with Gasteiger partial charge in [-0.2, -0.15) is 0 Å². The fraction of sp³-hybridized carbons (Fsp3) is 0.188. The van der Waals surface area contributed by atoms with Gasteiger partial charge in [0.25, 0.3) is 10.0 Å². The lowest BCUT2D eigenvalue weighted by atomic mass is 10.2. The van der Waals surface area contributed by atoms with Crippen molar-refractivity contribution in [3.8, 4) is 11.5 Å². The molecule has 0 aliphatic carbocycles. The highest BCUT2D eigenvalue weighted by molar-refractivity contribution is 9.10. The van der Waals surface area contributed by atoms with Crippen LogP contribution in [0.4, 0.5) is 5.69 Å². The molecular weight excluding hydrogens is 414 g/mol. The van der Waals surface area contributed by atoms with Crippen molar-refractivity contribution in [1.82, 2.24) is 0 Å². The molecule has 0 saturated carbocycles. The minimum Gasteiger partial charge on any atom is -0.493 e. The smallest absolute Gasteiger partial charge is 0.336 e. The van der Waals surface area contributed by atoms with Gasteiger partial charge in [0.1, 0.15) is 0 Å². The molecule has 0 fully saturated rings. The number of methoxy groups -OCH3 is 2. The van der Waals surface area contributed by atoms with Crippen LogP contribution in [0.2, 0.25) is 0 Å². The van der Waals surface area contributed by atoms with E-state index in [0.29, 0.717) is 27.2 Å². The summed E-state index contributed by atoms with van der Waals surface area (Å²) in [5, 5.41) is 9.14. The van der Waals surface area contributed by atoms with Gasteiger partial charge in [-0.15, -0.1) is 0 Å². The Labute approximate surface area is 153 Å². The second-order valence-corrected chi connectivity index (χ2v) is 7.61. The van der Waals surface area contributed by atoms with Crippen molar-refractivity contribution in [1.29, 1.82) is 0 Å². The molecule has 0 atom stereocenters. The van der Waals surface area contributed by atoms with Gasteiger partial charge in [-0.1, -0.05) is 0 Å². The Morgan fingerprint density at radius 2 is 1.72 bits per heavy atom. The molecule has 0 aliphatic rings. The minimum atomic E-state index is -3.98. The number of benzene rings is 2. The first-order valence-electron chi connectivity index (χ1n) is 6.98. The monoisotopic (exact) mass is 429 g/mol. The molecule has 0 spiro atoms. The second kappa shape index (κ2) is 7.32. The molecule has 2 N–H and O–H groups in total. The average molecular weight is 430 g/mol. The second-order valence-electron chi connectivity index (χ2n) is 5.07. The molecule has 0 amide bonds. The number of ether oxygens (including phenoxy) is 2. The highest BCUT2D eigenvalue weighted by Gasteiger charge is 2.20. The van der Waals surface area contributed by atoms with E-state index in [1.54, 1.807) is 13.0 Å². The standard InChI is InChI=1S/C16H16BrNO6S/c1-9-6-14(23-2)15(24-3)8-13(9)18-25(21,22)10-4-5-12(17)11(7-10)16(19)20/h4-8,18H,1-3H3,(H,19,20). The Bertz CT molecular complexity index is 926. The average Bonchev–Trinajstić information content (AvgIpc) is 2.56. The van der Waals surface area contributed by atoms with Gasteiger partial charge in [-0.3, -0.25) is 4.72 Å². The van der Waals surface area contributed by atoms with E-state index in [2.05, 4.69) is 20.7 Å². The van der Waals surface area contributed by atoms with E-state index in [1.807, 2.05) is 0 Å². The normalized spacial score (nSPS) is 11.0. The van der Waals surface area contributed by atoms with Crippen LogP contribution in [0, 0.1) is 6.92 Å². The molecule has 0 aliphatic heterocycles. The van der Waals surface area contributed by atoms with E-state index in [-0.39, 0.29) is 10.5 Å². The summed E-state index contributed by atoms with van der Waals surface area (Å²) >= 11 is 3.08. The van der Waals surface area contributed by atoms with Crippen molar-refractivity contribution in [2.45, 2.75) is 11.8 Å². The number of hydrogen-bond acceptors (Lipinski definition) is 5. The fourth-order valence-corrected chi connectivity index (χ4v) is 3.69. The van der Waals surface area contributed by atoms with Gasteiger partial charge < -0.3 is 14.6 Å². The summed E-state index contributed by atoms with van der Waals surface area (Å²) in [5.74, 6) is -0.390. The third-order valence-electron chi connectivity index (χ3n) is 3.45. The number of halogens is 1. The number of aromatic carboxylic acids is 1. The van der Waals surface area contributed by atoms with Crippen molar-refractivity contribution in [3.63, 3.8) is 0 Å². The molecule has 9 heteroatoms. The number of rotatable bonds is 6. The van der Waals surface area contributed by atoms with Crippen molar-refractivity contribution in [2.24, 2.45) is 0 Å². The Hall–Kier alpha value is -2.26. The number of carboxylic acids is 1. The molecule has 7 nitrogen and oxygen atoms in total. The Morgan fingerprint density at radius 1 is 1.12 bits per heavy atom. The molecule has 0 aromatic heterocycles. The number of anilines is 1. The predicted octanol–water partition coefficient (Wildman–Crippen LogP) is 3.27. The summed E-state index contributed by atoms with van der Waals surface area (Å²) < 4.78 is 38.3. The summed E-state index contributed by atoms with van der Waals surface area (Å²) in [6, 6.07) is 6.92. The Morgan fingerprint density at radius 3 is 2.28 bits per heavy atom. The number of carboxylic acid groups (broad SMARTS) is 1. The van der Waals surface area contributed by atoms with Crippen LogP contribution in [0.15, 0.2) is 39.7 Å². The lowest BCUT2D eigenvalue weighted by Gasteiger charge is -2.15. The lowest BCUT2D eigenvalue weighted by Crippen LogP contribution is -2.15. The fourth-order valence-electron chi connectivity index (χ4n) is 2.13. The van der Waals surface area contributed by atoms with Crippen LogP contribution in [0.3, 0.4) is 0 Å². The Kier molecular flexibility index (Phi) is 5.58. The summed E-state index contributed by atoms with van der Waals surface area (Å²) in [6.45, 7) is 1.71. The van der Waals surface area contributed by atoms with Crippen LogP contribution < -0.4 is 14.2 Å². The quantitative estimate of drug-likeness (QED) is 0.730. The minimum absolute atomic E-state index is 0.146. The molecule has 25 heavy (non-hydrogen) atoms. The van der Waals surface area contributed by atoms with Crippen LogP contribution in [0.25, 0.3) is 0 Å². The third kappa shape index (κ3) is 4.05. The lowest BCUT2D eigenvalue weighted by molar-refractivity contribution is 0.0695. The molecular formula is C16H16BrNO6S. The number of sulfonamides is 1. The van der Waals surface area contributed by atoms with Gasteiger partial charge in [-0.05, 0) is 52.7 Å². The summed E-state index contributed by atoms with van der Waals surface area (Å²) in [7, 11) is -1.06. The zero-order valence-corrected chi connectivity index (χ0v) is 16.1. The summed E-state index contributed by atoms with van der Waals surface area (Å²) in [5.41, 5.74) is 0.779. The van der Waals surface area contributed by atoms with E-state index in [4.69, 9.17) is 14.6 Å².